The number of nitrogens with zero attached hydrogens (tertiary/aromatic N) is 3. The van der Waals surface area contributed by atoms with Gasteiger partial charge in [-0.05, 0) is 50.5 Å². The number of nitrogens with one attached hydrogen (secondary N) is 1. The van der Waals surface area contributed by atoms with Crippen molar-refractivity contribution >= 4 is 11.9 Å². The molecule has 220 valence electrons. The van der Waals surface area contributed by atoms with Crippen molar-refractivity contribution in [2.24, 2.45) is 5.11 Å². The zero-order chi connectivity index (χ0) is 27.7. The number of carbonyl (C=O) groups is 2. The Labute approximate surface area is 232 Å². The van der Waals surface area contributed by atoms with Gasteiger partial charge >= 0.3 is 11.9 Å². The minimum Gasteiger partial charge on any atom is -0.465 e. The molecule has 8 heteroatoms. The molecular formula is C30H56N4O4. The van der Waals surface area contributed by atoms with Crippen LogP contribution in [0.4, 0.5) is 0 Å². The Morgan fingerprint density at radius 1 is 0.842 bits per heavy atom. The summed E-state index contributed by atoms with van der Waals surface area (Å²) >= 11 is 0. The van der Waals surface area contributed by atoms with Crippen LogP contribution in [-0.4, -0.2) is 43.3 Å². The van der Waals surface area contributed by atoms with Gasteiger partial charge in [-0.15, -0.1) is 0 Å². The van der Waals surface area contributed by atoms with E-state index >= 15 is 0 Å². The Bertz CT molecular complexity index is 638. The first-order chi connectivity index (χ1) is 18.6. The lowest BCUT2D eigenvalue weighted by Crippen LogP contribution is -2.32. The fourth-order valence-electron chi connectivity index (χ4n) is 5.04. The van der Waals surface area contributed by atoms with E-state index in [1.807, 2.05) is 0 Å². The molecule has 0 aromatic heterocycles. The first kappa shape index (κ1) is 34.2. The summed E-state index contributed by atoms with van der Waals surface area (Å²) in [6, 6.07) is -0.548. The molecule has 1 heterocycles. The summed E-state index contributed by atoms with van der Waals surface area (Å²) in [6.45, 7) is 5.41. The zero-order valence-corrected chi connectivity index (χ0v) is 24.5. The van der Waals surface area contributed by atoms with Gasteiger partial charge in [-0.3, -0.25) is 9.59 Å². The molecule has 2 atom stereocenters. The Hall–Kier alpha value is -1.79. The van der Waals surface area contributed by atoms with Crippen molar-refractivity contribution in [2.75, 3.05) is 13.2 Å². The Morgan fingerprint density at radius 2 is 1.39 bits per heavy atom. The van der Waals surface area contributed by atoms with Crippen LogP contribution < -0.4 is 5.32 Å². The Morgan fingerprint density at radius 3 is 2.00 bits per heavy atom. The summed E-state index contributed by atoms with van der Waals surface area (Å²) in [6.07, 6.45) is 23.0. The molecule has 0 saturated carbocycles. The SMILES string of the molecule is CCCCCCCCC(CCCCCCCC)OC(=O)CCCCCCCOC(=O)[C@@H]1C[C@@H](N=[N+]=[N-])CN1. The third-order valence-electron chi connectivity index (χ3n) is 7.43. The number of ether oxygens (including phenoxy) is 2. The minimum atomic E-state index is -0.373. The first-order valence-electron chi connectivity index (χ1n) is 15.7. The molecule has 0 spiro atoms. The molecule has 1 fully saturated rings. The fraction of sp³-hybridized carbons (Fsp3) is 0.933. The topological polar surface area (TPSA) is 113 Å². The van der Waals surface area contributed by atoms with Crippen LogP contribution in [0.2, 0.25) is 0 Å². The standard InChI is InChI=1S/C30H56N4O4/c1-3-5-7-9-12-16-20-27(21-17-13-10-8-6-4-2)38-29(35)22-18-14-11-15-19-23-37-30(36)28-24-26(25-32-28)33-34-31/h26-28,32H,3-25H2,1-2H3/t26-,28+/m1/s1. The largest absolute Gasteiger partial charge is 0.465 e. The summed E-state index contributed by atoms with van der Waals surface area (Å²) < 4.78 is 11.3. The van der Waals surface area contributed by atoms with Gasteiger partial charge in [-0.25, -0.2) is 0 Å². The van der Waals surface area contributed by atoms with E-state index in [-0.39, 0.29) is 30.1 Å². The normalized spacial score (nSPS) is 16.9. The van der Waals surface area contributed by atoms with Crippen molar-refractivity contribution in [3.63, 3.8) is 0 Å². The smallest absolute Gasteiger partial charge is 0.323 e. The quantitative estimate of drug-likeness (QED) is 0.0414. The van der Waals surface area contributed by atoms with Gasteiger partial charge in [0.05, 0.1) is 12.6 Å². The van der Waals surface area contributed by atoms with E-state index in [0.29, 0.717) is 26.0 Å². The summed E-state index contributed by atoms with van der Waals surface area (Å²) in [7, 11) is 0. The van der Waals surface area contributed by atoms with Crippen molar-refractivity contribution in [1.82, 2.24) is 5.32 Å². The lowest BCUT2D eigenvalue weighted by Gasteiger charge is -2.18. The molecule has 1 saturated heterocycles. The maximum atomic E-state index is 12.5. The minimum absolute atomic E-state index is 0.0380. The monoisotopic (exact) mass is 536 g/mol. The first-order valence-corrected chi connectivity index (χ1v) is 15.7. The van der Waals surface area contributed by atoms with Gasteiger partial charge in [-0.2, -0.15) is 0 Å². The fourth-order valence-corrected chi connectivity index (χ4v) is 5.04. The van der Waals surface area contributed by atoms with Crippen molar-refractivity contribution in [2.45, 2.75) is 167 Å². The lowest BCUT2D eigenvalue weighted by molar-refractivity contribution is -0.150. The highest BCUT2D eigenvalue weighted by atomic mass is 16.5. The molecule has 0 unspecified atom stereocenters. The predicted molar refractivity (Wildman–Crippen MR) is 154 cm³/mol. The maximum absolute atomic E-state index is 12.5. The summed E-state index contributed by atoms with van der Waals surface area (Å²) in [5, 5.41) is 6.69. The van der Waals surface area contributed by atoms with E-state index in [1.54, 1.807) is 0 Å². The van der Waals surface area contributed by atoms with Crippen LogP contribution in [0.15, 0.2) is 5.11 Å². The van der Waals surface area contributed by atoms with Crippen molar-refractivity contribution in [1.29, 1.82) is 0 Å². The Kier molecular flexibility index (Phi) is 21.9. The van der Waals surface area contributed by atoms with Gasteiger partial charge < -0.3 is 14.8 Å². The number of hydrogen-bond acceptors (Lipinski definition) is 6. The molecule has 1 aliphatic rings. The number of unbranched alkanes of at least 4 members (excludes halogenated alkanes) is 14. The second-order valence-corrected chi connectivity index (χ2v) is 11.0. The number of azide groups is 1. The number of carbonyl (C=O) groups excluding carboxylic acids is 2. The second-order valence-electron chi connectivity index (χ2n) is 11.0. The number of hydrogen-bond donors (Lipinski definition) is 1. The lowest BCUT2D eigenvalue weighted by atomic mass is 10.0. The molecule has 1 N–H and O–H groups in total. The van der Waals surface area contributed by atoms with Gasteiger partial charge in [0.15, 0.2) is 0 Å². The average molecular weight is 537 g/mol. The van der Waals surface area contributed by atoms with E-state index in [2.05, 4.69) is 29.2 Å². The molecule has 0 bridgehead atoms. The molecule has 0 radical (unpaired) electrons. The van der Waals surface area contributed by atoms with Gasteiger partial charge in [0.2, 0.25) is 0 Å². The van der Waals surface area contributed by atoms with E-state index in [4.69, 9.17) is 15.0 Å². The maximum Gasteiger partial charge on any atom is 0.323 e. The molecule has 0 aromatic carbocycles. The molecule has 38 heavy (non-hydrogen) atoms. The highest BCUT2D eigenvalue weighted by Gasteiger charge is 2.29. The summed E-state index contributed by atoms with van der Waals surface area (Å²) in [4.78, 5) is 27.4. The van der Waals surface area contributed by atoms with Crippen LogP contribution in [0.5, 0.6) is 0 Å². The van der Waals surface area contributed by atoms with Crippen LogP contribution in [0.3, 0.4) is 0 Å². The van der Waals surface area contributed by atoms with Crippen molar-refractivity contribution in [3.8, 4) is 0 Å². The van der Waals surface area contributed by atoms with Crippen LogP contribution in [0.1, 0.15) is 149 Å². The third kappa shape index (κ3) is 18.5. The number of esters is 2. The van der Waals surface area contributed by atoms with E-state index in [9.17, 15) is 9.59 Å². The number of rotatable bonds is 25. The zero-order valence-electron chi connectivity index (χ0n) is 24.5. The van der Waals surface area contributed by atoms with Crippen LogP contribution >= 0.6 is 0 Å². The second kappa shape index (κ2) is 24.3. The van der Waals surface area contributed by atoms with Gasteiger partial charge in [-0.1, -0.05) is 102 Å². The van der Waals surface area contributed by atoms with Crippen LogP contribution in [0, 0.1) is 0 Å². The molecule has 0 aromatic rings. The molecule has 1 aliphatic heterocycles. The van der Waals surface area contributed by atoms with Crippen molar-refractivity contribution < 1.29 is 19.1 Å². The van der Waals surface area contributed by atoms with Crippen LogP contribution in [0.25, 0.3) is 10.4 Å². The van der Waals surface area contributed by atoms with Crippen LogP contribution in [-0.2, 0) is 19.1 Å². The van der Waals surface area contributed by atoms with Gasteiger partial charge in [0.1, 0.15) is 12.1 Å². The predicted octanol–water partition coefficient (Wildman–Crippen LogP) is 8.32. The van der Waals surface area contributed by atoms with Crippen molar-refractivity contribution in [3.05, 3.63) is 10.4 Å². The van der Waals surface area contributed by atoms with E-state index < -0.39 is 0 Å². The highest BCUT2D eigenvalue weighted by Crippen LogP contribution is 2.18. The molecular weight excluding hydrogens is 480 g/mol. The molecule has 0 amide bonds. The van der Waals surface area contributed by atoms with Gasteiger partial charge in [0, 0.05) is 17.9 Å². The molecule has 8 nitrogen and oxygen atoms in total. The average Bonchev–Trinajstić information content (AvgIpc) is 3.38. The van der Waals surface area contributed by atoms with E-state index in [0.717, 1.165) is 57.8 Å². The third-order valence-corrected chi connectivity index (χ3v) is 7.43. The Balaban J connectivity index is 2.13. The molecule has 1 rings (SSSR count). The summed E-state index contributed by atoms with van der Waals surface area (Å²) in [5.41, 5.74) is 8.49. The molecule has 0 aliphatic carbocycles. The van der Waals surface area contributed by atoms with Gasteiger partial charge in [0.25, 0.3) is 0 Å². The highest BCUT2D eigenvalue weighted by molar-refractivity contribution is 5.76. The van der Waals surface area contributed by atoms with E-state index in [1.165, 1.54) is 64.2 Å². The summed E-state index contributed by atoms with van der Waals surface area (Å²) in [5.74, 6) is -0.302.